The van der Waals surface area contributed by atoms with Gasteiger partial charge in [0.2, 0.25) is 0 Å². The molecule has 1 fully saturated rings. The van der Waals surface area contributed by atoms with Gasteiger partial charge >= 0.3 is 0 Å². The number of halogens is 1. The van der Waals surface area contributed by atoms with Crippen LogP contribution < -0.4 is 0 Å². The molecule has 0 spiro atoms. The van der Waals surface area contributed by atoms with Crippen LogP contribution >= 0.6 is 0 Å². The largest absolute Gasteiger partial charge is 0.258 e. The topological polar surface area (TPSA) is 71.2 Å². The fraction of sp³-hybridized carbons (Fsp3) is 0.292. The van der Waals surface area contributed by atoms with E-state index < -0.39 is 9.84 Å². The number of sulfone groups is 1. The zero-order valence-corrected chi connectivity index (χ0v) is 17.9. The first-order valence-corrected chi connectivity index (χ1v) is 12.2. The van der Waals surface area contributed by atoms with Crippen molar-refractivity contribution in [1.82, 2.24) is 0 Å². The third-order valence-corrected chi connectivity index (χ3v) is 8.08. The van der Waals surface area contributed by atoms with Crippen LogP contribution in [0.5, 0.6) is 0 Å². The standard InChI is InChI=1S/C24H22FN3O2S/c1-2-31(29,30)18-9-6-16(7-10-18)19-12-17(8-11-21(19)25)22-24-23(27-14-28-24)20(13-26-22)15-4-3-5-15/h6-15,20H,2-5H2,1H3. The summed E-state index contributed by atoms with van der Waals surface area (Å²) in [5, 5.41) is 0. The second kappa shape index (κ2) is 7.64. The number of hydrogen-bond acceptors (Lipinski definition) is 5. The molecular weight excluding hydrogens is 413 g/mol. The molecule has 0 amide bonds. The summed E-state index contributed by atoms with van der Waals surface area (Å²) in [7, 11) is -3.30. The predicted molar refractivity (Wildman–Crippen MR) is 122 cm³/mol. The van der Waals surface area contributed by atoms with Crippen molar-refractivity contribution in [3.8, 4) is 11.1 Å². The molecule has 158 valence electrons. The van der Waals surface area contributed by atoms with Gasteiger partial charge in [0.15, 0.2) is 9.84 Å². The third-order valence-electron chi connectivity index (χ3n) is 6.33. The minimum atomic E-state index is -3.30. The highest BCUT2D eigenvalue weighted by molar-refractivity contribution is 7.91. The van der Waals surface area contributed by atoms with E-state index in [-0.39, 0.29) is 22.4 Å². The average Bonchev–Trinajstić information content (AvgIpc) is 3.24. The van der Waals surface area contributed by atoms with Gasteiger partial charge in [-0.25, -0.2) is 22.8 Å². The first kappa shape index (κ1) is 20.0. The van der Waals surface area contributed by atoms with Crippen LogP contribution in [0.2, 0.25) is 0 Å². The highest BCUT2D eigenvalue weighted by Crippen LogP contribution is 2.40. The van der Waals surface area contributed by atoms with Crippen molar-refractivity contribution >= 4 is 33.8 Å². The molecule has 7 heteroatoms. The Morgan fingerprint density at radius 2 is 1.74 bits per heavy atom. The molecule has 1 unspecified atom stereocenters. The summed E-state index contributed by atoms with van der Waals surface area (Å²) in [5.41, 5.74) is 4.16. The minimum Gasteiger partial charge on any atom is -0.258 e. The lowest BCUT2D eigenvalue weighted by atomic mass is 9.73. The van der Waals surface area contributed by atoms with E-state index in [0.717, 1.165) is 17.0 Å². The molecule has 2 aliphatic heterocycles. The molecule has 0 aromatic heterocycles. The maximum atomic E-state index is 14.7. The summed E-state index contributed by atoms with van der Waals surface area (Å²) in [6, 6.07) is 11.2. The van der Waals surface area contributed by atoms with Gasteiger partial charge in [-0.15, -0.1) is 0 Å². The quantitative estimate of drug-likeness (QED) is 0.667. The highest BCUT2D eigenvalue weighted by Gasteiger charge is 2.36. The van der Waals surface area contributed by atoms with Crippen molar-refractivity contribution < 1.29 is 12.8 Å². The lowest BCUT2D eigenvalue weighted by molar-refractivity contribution is 0.297. The fourth-order valence-corrected chi connectivity index (χ4v) is 5.13. The van der Waals surface area contributed by atoms with Crippen LogP contribution in [0.4, 0.5) is 4.39 Å². The smallest absolute Gasteiger partial charge is 0.178 e. The molecule has 0 saturated heterocycles. The van der Waals surface area contributed by atoms with Crippen molar-refractivity contribution in [2.24, 2.45) is 26.8 Å². The summed E-state index contributed by atoms with van der Waals surface area (Å²) in [5.74, 6) is 0.416. The Bertz CT molecular complexity index is 1270. The van der Waals surface area contributed by atoms with Crippen LogP contribution in [0.15, 0.2) is 68.0 Å². The predicted octanol–water partition coefficient (Wildman–Crippen LogP) is 4.94. The summed E-state index contributed by atoms with van der Waals surface area (Å²) < 4.78 is 38.8. The summed E-state index contributed by atoms with van der Waals surface area (Å²) in [6.07, 6.45) is 7.15. The Kier molecular flexibility index (Phi) is 4.93. The van der Waals surface area contributed by atoms with Gasteiger partial charge in [-0.2, -0.15) is 0 Å². The number of hydrogen-bond donors (Lipinski definition) is 0. The van der Waals surface area contributed by atoms with Gasteiger partial charge in [0, 0.05) is 23.3 Å². The zero-order valence-electron chi connectivity index (χ0n) is 17.1. The van der Waals surface area contributed by atoms with Crippen LogP contribution in [0.25, 0.3) is 16.8 Å². The number of rotatable bonds is 5. The Morgan fingerprint density at radius 3 is 2.42 bits per heavy atom. The SMILES string of the molecule is CCS(=O)(=O)c1ccc(-c2cc(C3=C4N=CN=C4C(C4CCC4)C=N3)ccc2F)cc1. The van der Waals surface area contributed by atoms with E-state index >= 15 is 0 Å². The van der Waals surface area contributed by atoms with Gasteiger partial charge in [-0.05, 0) is 54.7 Å². The van der Waals surface area contributed by atoms with E-state index in [1.807, 2.05) is 6.21 Å². The van der Waals surface area contributed by atoms with E-state index in [0.29, 0.717) is 22.7 Å². The molecule has 2 aromatic rings. The van der Waals surface area contributed by atoms with E-state index in [4.69, 9.17) is 4.99 Å². The Balaban J connectivity index is 1.52. The second-order valence-corrected chi connectivity index (χ2v) is 10.4. The van der Waals surface area contributed by atoms with E-state index in [2.05, 4.69) is 9.98 Å². The molecule has 2 heterocycles. The van der Waals surface area contributed by atoms with Crippen LogP contribution in [-0.2, 0) is 9.84 Å². The normalized spacial score (nSPS) is 20.6. The molecule has 5 rings (SSSR count). The van der Waals surface area contributed by atoms with Crippen molar-refractivity contribution in [3.63, 3.8) is 0 Å². The average molecular weight is 436 g/mol. The van der Waals surface area contributed by atoms with Gasteiger partial charge in [0.05, 0.1) is 22.1 Å². The second-order valence-electron chi connectivity index (χ2n) is 8.07. The molecule has 1 saturated carbocycles. The molecule has 3 aliphatic rings. The molecule has 5 nitrogen and oxygen atoms in total. The monoisotopic (exact) mass is 435 g/mol. The lowest BCUT2D eigenvalue weighted by Crippen LogP contribution is -2.32. The van der Waals surface area contributed by atoms with Crippen molar-refractivity contribution in [2.45, 2.75) is 31.1 Å². The molecule has 2 aromatic carbocycles. The molecule has 0 bridgehead atoms. The number of allylic oxidation sites excluding steroid dienone is 1. The van der Waals surface area contributed by atoms with Gasteiger partial charge < -0.3 is 0 Å². The van der Waals surface area contributed by atoms with Gasteiger partial charge in [-0.1, -0.05) is 25.5 Å². The molecule has 31 heavy (non-hydrogen) atoms. The molecular formula is C24H22FN3O2S. The lowest BCUT2D eigenvalue weighted by Gasteiger charge is -2.33. The number of benzene rings is 2. The van der Waals surface area contributed by atoms with E-state index in [9.17, 15) is 12.8 Å². The van der Waals surface area contributed by atoms with Gasteiger partial charge in [0.25, 0.3) is 0 Å². The van der Waals surface area contributed by atoms with Crippen molar-refractivity contribution in [1.29, 1.82) is 0 Å². The maximum absolute atomic E-state index is 14.7. The summed E-state index contributed by atoms with van der Waals surface area (Å²) >= 11 is 0. The molecule has 1 aliphatic carbocycles. The molecule has 0 radical (unpaired) electrons. The van der Waals surface area contributed by atoms with Crippen LogP contribution in [0, 0.1) is 17.7 Å². The van der Waals surface area contributed by atoms with Crippen molar-refractivity contribution in [2.75, 3.05) is 5.75 Å². The molecule has 0 N–H and O–H groups in total. The first-order chi connectivity index (χ1) is 15.0. The number of aliphatic imine (C=N–C) groups is 3. The van der Waals surface area contributed by atoms with E-state index in [1.165, 1.54) is 37.5 Å². The van der Waals surface area contributed by atoms with Gasteiger partial charge in [-0.3, -0.25) is 4.99 Å². The third kappa shape index (κ3) is 3.47. The Morgan fingerprint density at radius 1 is 1.00 bits per heavy atom. The summed E-state index contributed by atoms with van der Waals surface area (Å²) in [4.78, 5) is 13.9. The zero-order chi connectivity index (χ0) is 21.6. The molecule has 1 atom stereocenters. The number of nitrogens with zero attached hydrogens (tertiary/aromatic N) is 3. The summed E-state index contributed by atoms with van der Waals surface area (Å²) in [6.45, 7) is 1.60. The first-order valence-electron chi connectivity index (χ1n) is 10.5. The number of fused-ring (bicyclic) bond motifs is 1. The van der Waals surface area contributed by atoms with Crippen LogP contribution in [0.1, 0.15) is 31.7 Å². The Labute approximate surface area is 181 Å². The van der Waals surface area contributed by atoms with Crippen LogP contribution in [-0.4, -0.2) is 32.4 Å². The van der Waals surface area contributed by atoms with Crippen molar-refractivity contribution in [3.05, 3.63) is 59.5 Å². The van der Waals surface area contributed by atoms with E-state index in [1.54, 1.807) is 37.5 Å². The Hall–Kier alpha value is -2.93. The minimum absolute atomic E-state index is 0.0252. The fourth-order valence-electron chi connectivity index (χ4n) is 4.25. The van der Waals surface area contributed by atoms with Gasteiger partial charge in [0.1, 0.15) is 17.9 Å². The highest BCUT2D eigenvalue weighted by atomic mass is 32.2. The maximum Gasteiger partial charge on any atom is 0.178 e. The van der Waals surface area contributed by atoms with Crippen LogP contribution in [0.3, 0.4) is 0 Å².